The molecule has 0 spiro atoms. The Morgan fingerprint density at radius 3 is 2.17 bits per heavy atom. The van der Waals surface area contributed by atoms with Crippen LogP contribution in [0.2, 0.25) is 0 Å². The van der Waals surface area contributed by atoms with Crippen LogP contribution < -0.4 is 0 Å². The van der Waals surface area contributed by atoms with Gasteiger partial charge in [-0.3, -0.25) is 9.69 Å². The molecule has 0 saturated carbocycles. The summed E-state index contributed by atoms with van der Waals surface area (Å²) in [6.07, 6.45) is 0.730. The van der Waals surface area contributed by atoms with Gasteiger partial charge >= 0.3 is 0 Å². The Hall–Kier alpha value is -1.77. The molecule has 4 rings (SSSR count). The standard InChI is InChI=1S/C22H27N3O3S.ClH/c26-21-18-25(29(27,28)22-10-5-4-9-20(21)22)12-6-11-23-13-15-24(16-14-23)17-19-7-2-1-3-8-19;/h1-5,7-10H,6,11-18H2;1H. The van der Waals surface area contributed by atoms with Gasteiger partial charge in [0, 0.05) is 44.8 Å². The highest BCUT2D eigenvalue weighted by atomic mass is 35.5. The summed E-state index contributed by atoms with van der Waals surface area (Å²) in [6, 6.07) is 17.0. The molecule has 0 radical (unpaired) electrons. The van der Waals surface area contributed by atoms with E-state index in [1.54, 1.807) is 18.2 Å². The predicted molar refractivity (Wildman–Crippen MR) is 120 cm³/mol. The number of benzene rings is 2. The van der Waals surface area contributed by atoms with E-state index in [4.69, 9.17) is 0 Å². The average molecular weight is 450 g/mol. The van der Waals surface area contributed by atoms with E-state index >= 15 is 0 Å². The van der Waals surface area contributed by atoms with Crippen LogP contribution in [-0.4, -0.2) is 74.1 Å². The summed E-state index contributed by atoms with van der Waals surface area (Å²) >= 11 is 0. The fourth-order valence-electron chi connectivity index (χ4n) is 4.07. The maximum Gasteiger partial charge on any atom is 0.244 e. The largest absolute Gasteiger partial charge is 0.301 e. The minimum atomic E-state index is -3.58. The first-order chi connectivity index (χ1) is 14.0. The van der Waals surface area contributed by atoms with Crippen LogP contribution >= 0.6 is 12.4 Å². The maximum atomic E-state index is 12.8. The van der Waals surface area contributed by atoms with Gasteiger partial charge in [-0.05, 0) is 30.7 Å². The van der Waals surface area contributed by atoms with Gasteiger partial charge in [0.15, 0.2) is 5.78 Å². The zero-order chi connectivity index (χ0) is 20.3. The Balaban J connectivity index is 0.00000256. The van der Waals surface area contributed by atoms with E-state index in [1.165, 1.54) is 15.9 Å². The number of carbonyl (C=O) groups excluding carboxylic acids is 1. The number of carbonyl (C=O) groups is 1. The molecule has 30 heavy (non-hydrogen) atoms. The van der Waals surface area contributed by atoms with Crippen LogP contribution in [0.1, 0.15) is 22.3 Å². The van der Waals surface area contributed by atoms with Crippen molar-refractivity contribution in [3.05, 3.63) is 65.7 Å². The molecule has 6 nitrogen and oxygen atoms in total. The molecule has 2 heterocycles. The zero-order valence-electron chi connectivity index (χ0n) is 16.9. The first-order valence-electron chi connectivity index (χ1n) is 10.1. The Bertz CT molecular complexity index is 961. The van der Waals surface area contributed by atoms with Crippen LogP contribution in [-0.2, 0) is 16.6 Å². The third-order valence-electron chi connectivity index (χ3n) is 5.72. The molecular weight excluding hydrogens is 422 g/mol. The number of ketones is 1. The van der Waals surface area contributed by atoms with Crippen LogP contribution in [0.3, 0.4) is 0 Å². The number of halogens is 1. The molecule has 2 aliphatic rings. The van der Waals surface area contributed by atoms with Gasteiger partial charge < -0.3 is 4.90 Å². The van der Waals surface area contributed by atoms with E-state index in [0.29, 0.717) is 12.1 Å². The molecule has 1 saturated heterocycles. The third-order valence-corrected chi connectivity index (χ3v) is 7.62. The lowest BCUT2D eigenvalue weighted by atomic mass is 10.1. The Morgan fingerprint density at radius 1 is 0.800 bits per heavy atom. The van der Waals surface area contributed by atoms with Crippen LogP contribution in [0.25, 0.3) is 0 Å². The van der Waals surface area contributed by atoms with E-state index in [9.17, 15) is 13.2 Å². The number of hydrogen-bond acceptors (Lipinski definition) is 5. The van der Waals surface area contributed by atoms with Crippen molar-refractivity contribution in [2.45, 2.75) is 17.9 Å². The Morgan fingerprint density at radius 2 is 1.43 bits per heavy atom. The van der Waals surface area contributed by atoms with Gasteiger partial charge in [0.1, 0.15) is 0 Å². The van der Waals surface area contributed by atoms with Crippen molar-refractivity contribution in [2.24, 2.45) is 0 Å². The second kappa shape index (κ2) is 10.0. The molecule has 2 aromatic carbocycles. The van der Waals surface area contributed by atoms with Crippen LogP contribution in [0.4, 0.5) is 0 Å². The van der Waals surface area contributed by atoms with Gasteiger partial charge in [-0.25, -0.2) is 8.42 Å². The monoisotopic (exact) mass is 449 g/mol. The summed E-state index contributed by atoms with van der Waals surface area (Å²) < 4.78 is 26.9. The lowest BCUT2D eigenvalue weighted by molar-refractivity contribution is 0.0950. The number of sulfonamides is 1. The van der Waals surface area contributed by atoms with Gasteiger partial charge in [-0.15, -0.1) is 12.4 Å². The van der Waals surface area contributed by atoms with Gasteiger partial charge in [0.2, 0.25) is 10.0 Å². The van der Waals surface area contributed by atoms with Crippen LogP contribution in [0, 0.1) is 0 Å². The molecule has 0 aromatic heterocycles. The van der Waals surface area contributed by atoms with Crippen molar-refractivity contribution in [1.29, 1.82) is 0 Å². The highest BCUT2D eigenvalue weighted by Gasteiger charge is 2.35. The van der Waals surface area contributed by atoms with Gasteiger partial charge in [0.05, 0.1) is 11.4 Å². The molecule has 0 bridgehead atoms. The lowest BCUT2D eigenvalue weighted by Gasteiger charge is -2.35. The van der Waals surface area contributed by atoms with Crippen molar-refractivity contribution in [3.63, 3.8) is 0 Å². The summed E-state index contributed by atoms with van der Waals surface area (Å²) in [4.78, 5) is 17.3. The van der Waals surface area contributed by atoms with Crippen molar-refractivity contribution in [1.82, 2.24) is 14.1 Å². The van der Waals surface area contributed by atoms with Gasteiger partial charge in [-0.2, -0.15) is 4.31 Å². The summed E-state index contributed by atoms with van der Waals surface area (Å²) in [6.45, 7) is 6.16. The summed E-state index contributed by atoms with van der Waals surface area (Å²) in [5.41, 5.74) is 1.65. The SMILES string of the molecule is Cl.O=C1CN(CCCN2CCN(Cc3ccccc3)CC2)S(=O)(=O)c2ccccc21. The lowest BCUT2D eigenvalue weighted by Crippen LogP contribution is -2.47. The second-order valence-corrected chi connectivity index (χ2v) is 9.62. The molecule has 0 unspecified atom stereocenters. The quantitative estimate of drug-likeness (QED) is 0.678. The molecule has 8 heteroatoms. The van der Waals surface area contributed by atoms with E-state index in [0.717, 1.165) is 45.7 Å². The smallest absolute Gasteiger partial charge is 0.244 e. The molecule has 0 amide bonds. The molecular formula is C22H28ClN3O3S. The fraction of sp³-hybridized carbons (Fsp3) is 0.409. The van der Waals surface area contributed by atoms with Crippen LogP contribution in [0.15, 0.2) is 59.5 Å². The molecule has 162 valence electrons. The number of rotatable bonds is 6. The first-order valence-corrected chi connectivity index (χ1v) is 11.6. The topological polar surface area (TPSA) is 60.9 Å². The normalized spacial score (nSPS) is 19.8. The van der Waals surface area contributed by atoms with E-state index < -0.39 is 10.0 Å². The van der Waals surface area contributed by atoms with Crippen molar-refractivity contribution >= 4 is 28.2 Å². The molecule has 2 aliphatic heterocycles. The Kier molecular flexibility index (Phi) is 7.65. The number of Topliss-reactive ketones (excluding diaryl/α,β-unsaturated/α-hetero) is 1. The molecule has 1 fully saturated rings. The summed E-state index contributed by atoms with van der Waals surface area (Å²) in [5, 5.41) is 0. The highest BCUT2D eigenvalue weighted by molar-refractivity contribution is 7.89. The third kappa shape index (κ3) is 5.10. The van der Waals surface area contributed by atoms with Gasteiger partial charge in [0.25, 0.3) is 0 Å². The number of nitrogens with zero attached hydrogens (tertiary/aromatic N) is 3. The van der Waals surface area contributed by atoms with E-state index in [1.807, 2.05) is 6.07 Å². The highest BCUT2D eigenvalue weighted by Crippen LogP contribution is 2.26. The molecule has 0 atom stereocenters. The maximum absolute atomic E-state index is 12.8. The molecule has 2 aromatic rings. The first kappa shape index (κ1) is 22.9. The zero-order valence-corrected chi connectivity index (χ0v) is 18.6. The van der Waals surface area contributed by atoms with Crippen LogP contribution in [0.5, 0.6) is 0 Å². The molecule has 0 N–H and O–H groups in total. The average Bonchev–Trinajstić information content (AvgIpc) is 2.74. The fourth-order valence-corrected chi connectivity index (χ4v) is 5.72. The second-order valence-electron chi connectivity index (χ2n) is 7.71. The minimum absolute atomic E-state index is 0. The number of piperazine rings is 1. The van der Waals surface area contributed by atoms with E-state index in [-0.39, 0.29) is 29.6 Å². The van der Waals surface area contributed by atoms with Gasteiger partial charge in [-0.1, -0.05) is 42.5 Å². The molecule has 0 aliphatic carbocycles. The summed E-state index contributed by atoms with van der Waals surface area (Å²) in [7, 11) is -3.58. The number of hydrogen-bond donors (Lipinski definition) is 0. The van der Waals surface area contributed by atoms with Crippen molar-refractivity contribution in [2.75, 3.05) is 45.8 Å². The predicted octanol–water partition coefficient (Wildman–Crippen LogP) is 2.50. The summed E-state index contributed by atoms with van der Waals surface area (Å²) in [5.74, 6) is -0.120. The minimum Gasteiger partial charge on any atom is -0.301 e. The van der Waals surface area contributed by atoms with Crippen molar-refractivity contribution < 1.29 is 13.2 Å². The van der Waals surface area contributed by atoms with E-state index in [2.05, 4.69) is 34.1 Å². The van der Waals surface area contributed by atoms with Crippen molar-refractivity contribution in [3.8, 4) is 0 Å². The number of fused-ring (bicyclic) bond motifs is 1. The Labute approximate surface area is 184 Å².